The molecule has 1 atom stereocenters. The van der Waals surface area contributed by atoms with Gasteiger partial charge in [-0.25, -0.2) is 0 Å². The summed E-state index contributed by atoms with van der Waals surface area (Å²) < 4.78 is 1.82. The van der Waals surface area contributed by atoms with Crippen molar-refractivity contribution in [2.24, 2.45) is 5.73 Å². The van der Waals surface area contributed by atoms with Crippen molar-refractivity contribution in [3.63, 3.8) is 0 Å². The van der Waals surface area contributed by atoms with Crippen LogP contribution in [0.1, 0.15) is 54.1 Å². The Morgan fingerprint density at radius 2 is 1.57 bits per heavy atom. The minimum Gasteiger partial charge on any atom is -0.398 e. The number of nitrogens with two attached hydrogens (primary N) is 2. The molecule has 1 aliphatic rings. The molecular weight excluding hydrogens is 372 g/mol. The average molecular weight is 399 g/mol. The van der Waals surface area contributed by atoms with E-state index in [1.165, 1.54) is 6.42 Å². The van der Waals surface area contributed by atoms with E-state index in [4.69, 9.17) is 23.7 Å². The summed E-state index contributed by atoms with van der Waals surface area (Å²) in [5.74, 6) is -0.716. The lowest BCUT2D eigenvalue weighted by molar-refractivity contribution is -0.134. The summed E-state index contributed by atoms with van der Waals surface area (Å²) in [5, 5.41) is 0. The van der Waals surface area contributed by atoms with Crippen molar-refractivity contribution in [1.82, 2.24) is 9.47 Å². The predicted octanol–water partition coefficient (Wildman–Crippen LogP) is 3.28. The molecule has 2 heterocycles. The van der Waals surface area contributed by atoms with Gasteiger partial charge >= 0.3 is 0 Å². The molecule has 1 aliphatic heterocycles. The van der Waals surface area contributed by atoms with Crippen molar-refractivity contribution in [3.05, 3.63) is 58.4 Å². The number of hydrogen-bond donors (Lipinski definition) is 2. The van der Waals surface area contributed by atoms with E-state index in [1.54, 1.807) is 16.8 Å². The Morgan fingerprint density at radius 1 is 0.964 bits per heavy atom. The molecule has 1 aromatic carbocycles. The van der Waals surface area contributed by atoms with Crippen LogP contribution in [0, 0.1) is 4.64 Å². The molecule has 0 radical (unpaired) electrons. The second kappa shape index (κ2) is 9.01. The van der Waals surface area contributed by atoms with Gasteiger partial charge in [-0.05, 0) is 24.5 Å². The molecule has 1 unspecified atom stereocenters. The lowest BCUT2D eigenvalue weighted by atomic mass is 10.0. The van der Waals surface area contributed by atoms with Gasteiger partial charge in [-0.3, -0.25) is 9.59 Å². The fourth-order valence-electron chi connectivity index (χ4n) is 3.71. The van der Waals surface area contributed by atoms with Crippen LogP contribution in [-0.4, -0.2) is 34.4 Å². The van der Waals surface area contributed by atoms with E-state index in [0.717, 1.165) is 44.3 Å². The van der Waals surface area contributed by atoms with Crippen LogP contribution >= 0.6 is 12.2 Å². The van der Waals surface area contributed by atoms with Crippen LogP contribution in [-0.2, 0) is 4.79 Å². The van der Waals surface area contributed by atoms with E-state index in [1.807, 2.05) is 35.2 Å². The van der Waals surface area contributed by atoms with E-state index < -0.39 is 11.9 Å². The average Bonchev–Trinajstić information content (AvgIpc) is 2.64. The third kappa shape index (κ3) is 4.25. The number of nitrogen functional groups attached to an aromatic ring is 1. The summed E-state index contributed by atoms with van der Waals surface area (Å²) in [6.07, 6.45) is 7.14. The fourth-order valence-corrected chi connectivity index (χ4v) is 4.10. The number of carbonyl (C=O) groups excluding carboxylic acids is 2. The molecule has 0 aliphatic carbocycles. The third-order valence-electron chi connectivity index (χ3n) is 5.19. The van der Waals surface area contributed by atoms with E-state index in [0.29, 0.717) is 0 Å². The molecule has 4 N–H and O–H groups in total. The summed E-state index contributed by atoms with van der Waals surface area (Å²) in [7, 11) is 0. The number of rotatable bonds is 4. The summed E-state index contributed by atoms with van der Waals surface area (Å²) in [6, 6.07) is 10.4. The molecule has 148 valence electrons. The lowest BCUT2D eigenvalue weighted by Crippen LogP contribution is -2.40. The van der Waals surface area contributed by atoms with Crippen LogP contribution in [0.3, 0.4) is 0 Å². The van der Waals surface area contributed by atoms with E-state index in [2.05, 4.69) is 0 Å². The number of benzene rings is 1. The molecule has 1 aromatic heterocycles. The zero-order valence-corrected chi connectivity index (χ0v) is 16.7. The van der Waals surface area contributed by atoms with E-state index >= 15 is 0 Å². The van der Waals surface area contributed by atoms with Crippen LogP contribution in [0.5, 0.6) is 0 Å². The molecule has 3 rings (SSSR count). The first-order valence-corrected chi connectivity index (χ1v) is 10.1. The number of hydrogen-bond acceptors (Lipinski definition) is 4. The van der Waals surface area contributed by atoms with Crippen LogP contribution < -0.4 is 11.5 Å². The maximum atomic E-state index is 13.6. The predicted molar refractivity (Wildman–Crippen MR) is 112 cm³/mol. The highest BCUT2D eigenvalue weighted by atomic mass is 32.1. The minimum absolute atomic E-state index is 0.0237. The molecule has 0 spiro atoms. The number of carbonyl (C=O) groups is 2. The van der Waals surface area contributed by atoms with Crippen molar-refractivity contribution < 1.29 is 9.59 Å². The summed E-state index contributed by atoms with van der Waals surface area (Å²) in [4.78, 5) is 27.4. The first kappa shape index (κ1) is 20.1. The van der Waals surface area contributed by atoms with Crippen LogP contribution in [0.2, 0.25) is 0 Å². The second-order valence-corrected chi connectivity index (χ2v) is 7.52. The van der Waals surface area contributed by atoms with Crippen molar-refractivity contribution in [2.75, 3.05) is 18.8 Å². The number of anilines is 1. The van der Waals surface area contributed by atoms with Crippen LogP contribution in [0.25, 0.3) is 0 Å². The molecule has 6 nitrogen and oxygen atoms in total. The van der Waals surface area contributed by atoms with Gasteiger partial charge in [0.25, 0.3) is 5.91 Å². The Kier molecular flexibility index (Phi) is 6.46. The summed E-state index contributed by atoms with van der Waals surface area (Å²) in [5.41, 5.74) is 12.5. The molecule has 0 saturated carbocycles. The van der Waals surface area contributed by atoms with Gasteiger partial charge in [0.15, 0.2) is 0 Å². The maximum absolute atomic E-state index is 13.6. The molecule has 7 heteroatoms. The quantitative estimate of drug-likeness (QED) is 0.773. The number of amides is 2. The Hall–Kier alpha value is -2.67. The maximum Gasteiger partial charge on any atom is 0.253 e. The highest BCUT2D eigenvalue weighted by Crippen LogP contribution is 2.26. The smallest absolute Gasteiger partial charge is 0.253 e. The van der Waals surface area contributed by atoms with Gasteiger partial charge in [-0.2, -0.15) is 0 Å². The highest BCUT2D eigenvalue weighted by Gasteiger charge is 2.29. The SMILES string of the molecule is NC(=O)c1c(N)ccn(C(C(=O)N2CCCCCCC2)c2ccccc2)c1=S. The molecule has 1 fully saturated rings. The number of nitrogens with zero attached hydrogens (tertiary/aromatic N) is 2. The van der Waals surface area contributed by atoms with Gasteiger partial charge < -0.3 is 20.9 Å². The summed E-state index contributed by atoms with van der Waals surface area (Å²) >= 11 is 5.51. The number of likely N-dealkylation sites (tertiary alicyclic amines) is 1. The first-order valence-electron chi connectivity index (χ1n) is 9.65. The Morgan fingerprint density at radius 3 is 2.18 bits per heavy atom. The lowest BCUT2D eigenvalue weighted by Gasteiger charge is -2.30. The van der Waals surface area contributed by atoms with Gasteiger partial charge in [0, 0.05) is 25.0 Å². The van der Waals surface area contributed by atoms with Crippen LogP contribution in [0.15, 0.2) is 42.6 Å². The monoisotopic (exact) mass is 398 g/mol. The molecule has 1 saturated heterocycles. The van der Waals surface area contributed by atoms with Gasteiger partial charge in [-0.1, -0.05) is 61.8 Å². The van der Waals surface area contributed by atoms with Crippen molar-refractivity contribution in [3.8, 4) is 0 Å². The Balaban J connectivity index is 2.08. The van der Waals surface area contributed by atoms with Crippen molar-refractivity contribution in [1.29, 1.82) is 0 Å². The van der Waals surface area contributed by atoms with Gasteiger partial charge in [0.1, 0.15) is 10.7 Å². The van der Waals surface area contributed by atoms with Crippen LogP contribution in [0.4, 0.5) is 5.69 Å². The Bertz CT molecular complexity index is 902. The number of primary amides is 1. The number of aromatic nitrogens is 1. The van der Waals surface area contributed by atoms with E-state index in [-0.39, 0.29) is 21.8 Å². The normalized spacial score (nSPS) is 16.1. The second-order valence-electron chi connectivity index (χ2n) is 7.13. The molecular formula is C21H26N4O2S. The zero-order valence-electron chi connectivity index (χ0n) is 15.8. The first-order chi connectivity index (χ1) is 13.5. The van der Waals surface area contributed by atoms with Gasteiger partial charge in [0.05, 0.1) is 5.56 Å². The van der Waals surface area contributed by atoms with Gasteiger partial charge in [-0.15, -0.1) is 0 Å². The van der Waals surface area contributed by atoms with Crippen molar-refractivity contribution in [2.45, 2.75) is 38.1 Å². The fraction of sp³-hybridized carbons (Fsp3) is 0.381. The van der Waals surface area contributed by atoms with Crippen molar-refractivity contribution >= 4 is 29.7 Å². The molecule has 2 aromatic rings. The standard InChI is InChI=1S/C21H26N4O2S/c22-16-11-14-25(21(28)17(16)19(23)26)18(15-9-5-4-6-10-15)20(27)24-12-7-2-1-3-8-13-24/h4-6,9-11,14,18H,1-3,7-8,12-13,22H2,(H2,23,26). The molecule has 28 heavy (non-hydrogen) atoms. The van der Waals surface area contributed by atoms with E-state index in [9.17, 15) is 9.59 Å². The minimum atomic E-state index is -0.692. The Labute approximate surface area is 170 Å². The topological polar surface area (TPSA) is 94.3 Å². The molecule has 0 bridgehead atoms. The highest BCUT2D eigenvalue weighted by molar-refractivity contribution is 7.71. The largest absolute Gasteiger partial charge is 0.398 e. The van der Waals surface area contributed by atoms with Gasteiger partial charge in [0.2, 0.25) is 5.91 Å². The summed E-state index contributed by atoms with van der Waals surface area (Å²) in [6.45, 7) is 1.46. The molecule has 2 amide bonds. The number of pyridine rings is 1. The third-order valence-corrected chi connectivity index (χ3v) is 5.61. The zero-order chi connectivity index (χ0) is 20.1.